The lowest BCUT2D eigenvalue weighted by Crippen LogP contribution is -2.32. The third kappa shape index (κ3) is 5.21. The fourth-order valence-corrected chi connectivity index (χ4v) is 2.08. The normalized spacial score (nSPS) is 10.9. The summed E-state index contributed by atoms with van der Waals surface area (Å²) in [6, 6.07) is 12.5. The summed E-state index contributed by atoms with van der Waals surface area (Å²) in [5.74, 6) is -1.83. The first-order chi connectivity index (χ1) is 11.9. The molecule has 0 heterocycles. The van der Waals surface area contributed by atoms with E-state index in [0.717, 1.165) is 4.47 Å². The second-order valence-electron chi connectivity index (χ2n) is 4.91. The number of carbonyl (C=O) groups is 2. The Labute approximate surface area is 151 Å². The number of nitrogens with one attached hydrogen (secondary N) is 2. The predicted octanol–water partition coefficient (Wildman–Crippen LogP) is 2.84. The van der Waals surface area contributed by atoms with Crippen molar-refractivity contribution in [1.82, 2.24) is 5.43 Å². The van der Waals surface area contributed by atoms with E-state index in [1.165, 1.54) is 18.2 Å². The summed E-state index contributed by atoms with van der Waals surface area (Å²) in [7, 11) is 0. The minimum atomic E-state index is -0.951. The quantitative estimate of drug-likeness (QED) is 0.352. The van der Waals surface area contributed by atoms with Crippen LogP contribution in [0.2, 0.25) is 0 Å². The molecule has 128 valence electrons. The van der Waals surface area contributed by atoms with Crippen LogP contribution in [-0.4, -0.2) is 22.4 Å². The molecule has 0 spiro atoms. The van der Waals surface area contributed by atoms with E-state index < -0.39 is 16.7 Å². The molecule has 0 atom stereocenters. The molecule has 0 aliphatic carbocycles. The van der Waals surface area contributed by atoms with Gasteiger partial charge in [0.25, 0.3) is 5.69 Å². The second kappa shape index (κ2) is 8.15. The Morgan fingerprint density at radius 3 is 2.44 bits per heavy atom. The Balaban J connectivity index is 2.00. The number of benzene rings is 2. The highest BCUT2D eigenvalue weighted by Crippen LogP contribution is 2.14. The van der Waals surface area contributed by atoms with Gasteiger partial charge in [0, 0.05) is 27.9 Å². The lowest BCUT2D eigenvalue weighted by molar-refractivity contribution is -0.384. The summed E-state index contributed by atoms with van der Waals surface area (Å²) in [6.07, 6.45) is 0. The molecule has 9 heteroatoms. The predicted molar refractivity (Wildman–Crippen MR) is 96.2 cm³/mol. The molecule has 0 aliphatic heterocycles. The van der Waals surface area contributed by atoms with E-state index >= 15 is 0 Å². The molecule has 2 aromatic rings. The average Bonchev–Trinajstić information content (AvgIpc) is 2.61. The highest BCUT2D eigenvalue weighted by Gasteiger charge is 2.14. The molecule has 2 aromatic carbocycles. The van der Waals surface area contributed by atoms with Crippen molar-refractivity contribution in [2.45, 2.75) is 6.92 Å². The number of rotatable bonds is 4. The van der Waals surface area contributed by atoms with Crippen LogP contribution in [0.3, 0.4) is 0 Å². The molecular formula is C16H13BrN4O4. The highest BCUT2D eigenvalue weighted by atomic mass is 79.9. The average molecular weight is 405 g/mol. The van der Waals surface area contributed by atoms with Gasteiger partial charge in [-0.25, -0.2) is 5.43 Å². The SMILES string of the molecule is C/C(=N\NC(=O)C(=O)Nc1ccc(Br)cc1)c1cccc([N+](=O)[O-])c1. The maximum Gasteiger partial charge on any atom is 0.329 e. The number of hydrogen-bond donors (Lipinski definition) is 2. The van der Waals surface area contributed by atoms with E-state index in [9.17, 15) is 19.7 Å². The van der Waals surface area contributed by atoms with Gasteiger partial charge in [0.1, 0.15) is 0 Å². The topological polar surface area (TPSA) is 114 Å². The van der Waals surface area contributed by atoms with Crippen molar-refractivity contribution >= 4 is 44.8 Å². The van der Waals surface area contributed by atoms with Crippen molar-refractivity contribution in [3.05, 3.63) is 68.7 Å². The van der Waals surface area contributed by atoms with Gasteiger partial charge < -0.3 is 5.32 Å². The molecule has 2 rings (SSSR count). The molecule has 25 heavy (non-hydrogen) atoms. The molecule has 0 saturated heterocycles. The molecule has 0 aliphatic rings. The lowest BCUT2D eigenvalue weighted by Gasteiger charge is -2.05. The smallest absolute Gasteiger partial charge is 0.318 e. The molecular weight excluding hydrogens is 392 g/mol. The number of nitrogens with zero attached hydrogens (tertiary/aromatic N) is 2. The van der Waals surface area contributed by atoms with Crippen LogP contribution in [0.1, 0.15) is 12.5 Å². The number of nitro benzene ring substituents is 1. The molecule has 2 amide bonds. The van der Waals surface area contributed by atoms with Crippen molar-refractivity contribution in [2.24, 2.45) is 5.10 Å². The highest BCUT2D eigenvalue weighted by molar-refractivity contribution is 9.10. The number of non-ortho nitro benzene ring substituents is 1. The number of hydrogen-bond acceptors (Lipinski definition) is 5. The fraction of sp³-hybridized carbons (Fsp3) is 0.0625. The number of carbonyl (C=O) groups excluding carboxylic acids is 2. The van der Waals surface area contributed by atoms with Gasteiger partial charge in [-0.2, -0.15) is 5.10 Å². The Morgan fingerprint density at radius 1 is 1.12 bits per heavy atom. The van der Waals surface area contributed by atoms with Gasteiger partial charge in [0.2, 0.25) is 0 Å². The Hall–Kier alpha value is -3.07. The summed E-state index contributed by atoms with van der Waals surface area (Å²) in [6.45, 7) is 1.56. The van der Waals surface area contributed by atoms with E-state index in [4.69, 9.17) is 0 Å². The number of nitro groups is 1. The third-order valence-corrected chi connectivity index (χ3v) is 3.64. The maximum absolute atomic E-state index is 11.8. The van der Waals surface area contributed by atoms with Gasteiger partial charge in [0.15, 0.2) is 0 Å². The zero-order chi connectivity index (χ0) is 18.4. The number of amides is 2. The summed E-state index contributed by atoms with van der Waals surface area (Å²) >= 11 is 3.27. The summed E-state index contributed by atoms with van der Waals surface area (Å²) < 4.78 is 0.840. The standard InChI is InChI=1S/C16H13BrN4O4/c1-10(11-3-2-4-14(9-11)21(24)25)19-20-16(23)15(22)18-13-7-5-12(17)6-8-13/h2-9H,1H3,(H,18,22)(H,20,23)/b19-10+. The Kier molecular flexibility index (Phi) is 5.96. The van der Waals surface area contributed by atoms with Crippen LogP contribution < -0.4 is 10.7 Å². The van der Waals surface area contributed by atoms with E-state index in [2.05, 4.69) is 31.8 Å². The first-order valence-corrected chi connectivity index (χ1v) is 7.82. The molecule has 0 unspecified atom stereocenters. The van der Waals surface area contributed by atoms with E-state index in [1.54, 1.807) is 37.3 Å². The third-order valence-electron chi connectivity index (χ3n) is 3.11. The summed E-state index contributed by atoms with van der Waals surface area (Å²) in [5, 5.41) is 17.0. The largest absolute Gasteiger partial charge is 0.329 e. The van der Waals surface area contributed by atoms with Crippen molar-refractivity contribution in [3.8, 4) is 0 Å². The Morgan fingerprint density at radius 2 is 1.80 bits per heavy atom. The molecule has 0 bridgehead atoms. The monoisotopic (exact) mass is 404 g/mol. The molecule has 8 nitrogen and oxygen atoms in total. The number of anilines is 1. The van der Waals surface area contributed by atoms with Crippen LogP contribution in [0.15, 0.2) is 58.1 Å². The Bertz CT molecular complexity index is 849. The van der Waals surface area contributed by atoms with E-state index in [-0.39, 0.29) is 5.69 Å². The zero-order valence-electron chi connectivity index (χ0n) is 13.0. The van der Waals surface area contributed by atoms with Gasteiger partial charge >= 0.3 is 11.8 Å². The van der Waals surface area contributed by atoms with Crippen LogP contribution in [-0.2, 0) is 9.59 Å². The van der Waals surface area contributed by atoms with Crippen LogP contribution >= 0.6 is 15.9 Å². The number of hydrazone groups is 1. The summed E-state index contributed by atoms with van der Waals surface area (Å²) in [4.78, 5) is 33.8. The van der Waals surface area contributed by atoms with E-state index in [0.29, 0.717) is 17.0 Å². The van der Waals surface area contributed by atoms with Gasteiger partial charge in [-0.15, -0.1) is 0 Å². The molecule has 2 N–H and O–H groups in total. The zero-order valence-corrected chi connectivity index (χ0v) is 14.6. The second-order valence-corrected chi connectivity index (χ2v) is 5.82. The molecule has 0 saturated carbocycles. The van der Waals surface area contributed by atoms with Crippen LogP contribution in [0.25, 0.3) is 0 Å². The first kappa shape index (κ1) is 18.3. The maximum atomic E-state index is 11.8. The van der Waals surface area contributed by atoms with Gasteiger partial charge in [0.05, 0.1) is 10.6 Å². The van der Waals surface area contributed by atoms with Crippen LogP contribution in [0.5, 0.6) is 0 Å². The van der Waals surface area contributed by atoms with Crippen molar-refractivity contribution in [1.29, 1.82) is 0 Å². The minimum Gasteiger partial charge on any atom is -0.318 e. The molecule has 0 aromatic heterocycles. The molecule has 0 radical (unpaired) electrons. The van der Waals surface area contributed by atoms with E-state index in [1.807, 2.05) is 0 Å². The van der Waals surface area contributed by atoms with Crippen molar-refractivity contribution in [3.63, 3.8) is 0 Å². The van der Waals surface area contributed by atoms with Crippen LogP contribution in [0.4, 0.5) is 11.4 Å². The lowest BCUT2D eigenvalue weighted by atomic mass is 10.1. The first-order valence-electron chi connectivity index (χ1n) is 7.03. The van der Waals surface area contributed by atoms with Crippen molar-refractivity contribution in [2.75, 3.05) is 5.32 Å². The van der Waals surface area contributed by atoms with Gasteiger partial charge in [-0.1, -0.05) is 28.1 Å². The van der Waals surface area contributed by atoms with Crippen LogP contribution in [0, 0.1) is 10.1 Å². The number of halogens is 1. The van der Waals surface area contributed by atoms with Gasteiger partial charge in [-0.3, -0.25) is 19.7 Å². The van der Waals surface area contributed by atoms with Crippen molar-refractivity contribution < 1.29 is 14.5 Å². The fourth-order valence-electron chi connectivity index (χ4n) is 1.82. The summed E-state index contributed by atoms with van der Waals surface area (Å²) in [5.41, 5.74) is 3.28. The molecule has 0 fully saturated rings. The minimum absolute atomic E-state index is 0.0913. The van der Waals surface area contributed by atoms with Gasteiger partial charge in [-0.05, 0) is 31.2 Å².